The summed E-state index contributed by atoms with van der Waals surface area (Å²) in [6, 6.07) is 0. The summed E-state index contributed by atoms with van der Waals surface area (Å²) in [6.07, 6.45) is 0. The Labute approximate surface area is 92.5 Å². The van der Waals surface area contributed by atoms with Gasteiger partial charge in [-0.1, -0.05) is 0 Å². The highest BCUT2D eigenvalue weighted by Gasteiger charge is 2.04. The Morgan fingerprint density at radius 3 is 2.86 bits per heavy atom. The second-order valence-corrected chi connectivity index (χ2v) is 5.19. The van der Waals surface area contributed by atoms with Gasteiger partial charge in [0.2, 0.25) is 5.91 Å². The number of hydrogen-bond acceptors (Lipinski definition) is 4. The molecule has 1 aromatic rings. The second-order valence-electron chi connectivity index (χ2n) is 3.14. The number of aromatic nitrogens is 1. The molecule has 5 heteroatoms. The lowest BCUT2D eigenvalue weighted by Gasteiger charge is -2.08. The molecule has 0 fully saturated rings. The van der Waals surface area contributed by atoms with Gasteiger partial charge in [0, 0.05) is 25.2 Å². The first-order chi connectivity index (χ1) is 6.59. The molecule has 1 rings (SSSR count). The van der Waals surface area contributed by atoms with E-state index in [1.807, 2.05) is 12.3 Å². The van der Waals surface area contributed by atoms with Crippen LogP contribution in [0.5, 0.6) is 0 Å². The fraction of sp³-hybridized carbons (Fsp3) is 0.556. The minimum absolute atomic E-state index is 0.155. The number of hydrogen-bond donors (Lipinski definition) is 0. The lowest BCUT2D eigenvalue weighted by molar-refractivity contribution is -0.125. The van der Waals surface area contributed by atoms with Crippen molar-refractivity contribution in [2.45, 2.75) is 12.7 Å². The number of thiazole rings is 1. The molecule has 1 aromatic heterocycles. The quantitative estimate of drug-likeness (QED) is 0.790. The van der Waals surface area contributed by atoms with Crippen LogP contribution in [0.2, 0.25) is 0 Å². The van der Waals surface area contributed by atoms with E-state index < -0.39 is 0 Å². The van der Waals surface area contributed by atoms with Crippen molar-refractivity contribution >= 4 is 29.0 Å². The van der Waals surface area contributed by atoms with Crippen molar-refractivity contribution in [1.29, 1.82) is 0 Å². The molecule has 0 saturated heterocycles. The van der Waals surface area contributed by atoms with E-state index in [0.717, 1.165) is 16.5 Å². The van der Waals surface area contributed by atoms with Gasteiger partial charge in [0.05, 0.1) is 16.5 Å². The van der Waals surface area contributed by atoms with Gasteiger partial charge in [-0.3, -0.25) is 4.79 Å². The molecule has 1 amide bonds. The van der Waals surface area contributed by atoms with Crippen LogP contribution in [0.25, 0.3) is 0 Å². The Balaban J connectivity index is 2.25. The van der Waals surface area contributed by atoms with Crippen LogP contribution in [-0.4, -0.2) is 35.6 Å². The molecule has 0 aliphatic carbocycles. The highest BCUT2D eigenvalue weighted by molar-refractivity contribution is 7.99. The molecular weight excluding hydrogens is 216 g/mol. The topological polar surface area (TPSA) is 33.2 Å². The second kappa shape index (κ2) is 5.36. The third-order valence-electron chi connectivity index (χ3n) is 1.64. The Morgan fingerprint density at radius 2 is 2.36 bits per heavy atom. The highest BCUT2D eigenvalue weighted by atomic mass is 32.2. The summed E-state index contributed by atoms with van der Waals surface area (Å²) in [4.78, 5) is 17.2. The van der Waals surface area contributed by atoms with Gasteiger partial charge in [0.15, 0.2) is 0 Å². The van der Waals surface area contributed by atoms with Crippen molar-refractivity contribution in [1.82, 2.24) is 9.88 Å². The van der Waals surface area contributed by atoms with Gasteiger partial charge >= 0.3 is 0 Å². The number of aryl methyl sites for hydroxylation is 1. The van der Waals surface area contributed by atoms with Crippen molar-refractivity contribution in [3.8, 4) is 0 Å². The first-order valence-electron chi connectivity index (χ1n) is 4.28. The van der Waals surface area contributed by atoms with E-state index in [9.17, 15) is 4.79 Å². The highest BCUT2D eigenvalue weighted by Crippen LogP contribution is 2.15. The number of carbonyl (C=O) groups is 1. The van der Waals surface area contributed by atoms with Crippen molar-refractivity contribution < 1.29 is 4.79 Å². The largest absolute Gasteiger partial charge is 0.348 e. The minimum Gasteiger partial charge on any atom is -0.348 e. The molecule has 0 unspecified atom stereocenters. The maximum Gasteiger partial charge on any atom is 0.232 e. The zero-order valence-electron chi connectivity index (χ0n) is 8.61. The van der Waals surface area contributed by atoms with E-state index in [-0.39, 0.29) is 5.91 Å². The molecule has 0 bridgehead atoms. The summed E-state index contributed by atoms with van der Waals surface area (Å²) in [5.74, 6) is 1.51. The summed E-state index contributed by atoms with van der Waals surface area (Å²) in [5, 5.41) is 3.13. The van der Waals surface area contributed by atoms with Gasteiger partial charge in [-0.05, 0) is 6.92 Å². The summed E-state index contributed by atoms with van der Waals surface area (Å²) < 4.78 is 0. The summed E-state index contributed by atoms with van der Waals surface area (Å²) in [6.45, 7) is 1.99. The predicted molar refractivity (Wildman–Crippen MR) is 61.7 cm³/mol. The number of carbonyl (C=O) groups excluding carboxylic acids is 1. The molecule has 3 nitrogen and oxygen atoms in total. The van der Waals surface area contributed by atoms with Crippen LogP contribution < -0.4 is 0 Å². The van der Waals surface area contributed by atoms with Crippen LogP contribution in [0, 0.1) is 6.92 Å². The Morgan fingerprint density at radius 1 is 1.64 bits per heavy atom. The first-order valence-corrected chi connectivity index (χ1v) is 6.32. The van der Waals surface area contributed by atoms with Gasteiger partial charge in [0.25, 0.3) is 0 Å². The molecule has 78 valence electrons. The van der Waals surface area contributed by atoms with E-state index in [1.54, 1.807) is 42.1 Å². The van der Waals surface area contributed by atoms with E-state index >= 15 is 0 Å². The maximum atomic E-state index is 11.2. The molecule has 0 atom stereocenters. The molecule has 0 radical (unpaired) electrons. The monoisotopic (exact) mass is 230 g/mol. The zero-order valence-corrected chi connectivity index (χ0v) is 10.2. The Hall–Kier alpha value is -0.550. The van der Waals surface area contributed by atoms with Crippen LogP contribution in [0.4, 0.5) is 0 Å². The van der Waals surface area contributed by atoms with Gasteiger partial charge in [0.1, 0.15) is 0 Å². The average molecular weight is 230 g/mol. The summed E-state index contributed by atoms with van der Waals surface area (Å²) in [7, 11) is 3.55. The average Bonchev–Trinajstić information content (AvgIpc) is 2.51. The molecule has 0 aromatic carbocycles. The predicted octanol–water partition coefficient (Wildman–Crippen LogP) is 1.77. The molecule has 0 spiro atoms. The fourth-order valence-electron chi connectivity index (χ4n) is 0.847. The molecule has 1 heterocycles. The molecule has 14 heavy (non-hydrogen) atoms. The van der Waals surface area contributed by atoms with E-state index in [0.29, 0.717) is 5.75 Å². The number of nitrogens with zero attached hydrogens (tertiary/aromatic N) is 2. The summed E-state index contributed by atoms with van der Waals surface area (Å²) >= 11 is 3.26. The van der Waals surface area contributed by atoms with Crippen LogP contribution in [0.3, 0.4) is 0 Å². The van der Waals surface area contributed by atoms with Crippen LogP contribution in [-0.2, 0) is 10.5 Å². The van der Waals surface area contributed by atoms with Gasteiger partial charge < -0.3 is 4.90 Å². The van der Waals surface area contributed by atoms with Crippen LogP contribution >= 0.6 is 23.1 Å². The SMILES string of the molecule is Cc1nc(CSCC(=O)N(C)C)cs1. The van der Waals surface area contributed by atoms with Gasteiger partial charge in [-0.2, -0.15) is 0 Å². The third kappa shape index (κ3) is 3.67. The number of amides is 1. The molecule has 0 N–H and O–H groups in total. The normalized spacial score (nSPS) is 10.2. The van der Waals surface area contributed by atoms with Gasteiger partial charge in [-0.25, -0.2) is 4.98 Å². The lowest BCUT2D eigenvalue weighted by atomic mass is 10.6. The lowest BCUT2D eigenvalue weighted by Crippen LogP contribution is -2.23. The standard InChI is InChI=1S/C9H14N2OS2/c1-7-10-8(5-14-7)4-13-6-9(12)11(2)3/h5H,4,6H2,1-3H3. The van der Waals surface area contributed by atoms with E-state index in [4.69, 9.17) is 0 Å². The van der Waals surface area contributed by atoms with Crippen molar-refractivity contribution in [3.05, 3.63) is 16.1 Å². The molecule has 0 aliphatic rings. The first kappa shape index (κ1) is 11.5. The van der Waals surface area contributed by atoms with Gasteiger partial charge in [-0.15, -0.1) is 23.1 Å². The summed E-state index contributed by atoms with van der Waals surface area (Å²) in [5.41, 5.74) is 1.07. The Bertz CT molecular complexity index is 310. The van der Waals surface area contributed by atoms with Crippen molar-refractivity contribution in [2.24, 2.45) is 0 Å². The molecule has 0 saturated carbocycles. The van der Waals surface area contributed by atoms with Crippen molar-refractivity contribution in [3.63, 3.8) is 0 Å². The smallest absolute Gasteiger partial charge is 0.232 e. The van der Waals surface area contributed by atoms with Crippen LogP contribution in [0.15, 0.2) is 5.38 Å². The fourth-order valence-corrected chi connectivity index (χ4v) is 2.46. The van der Waals surface area contributed by atoms with Crippen molar-refractivity contribution in [2.75, 3.05) is 19.8 Å². The molecular formula is C9H14N2OS2. The minimum atomic E-state index is 0.155. The molecule has 0 aliphatic heterocycles. The zero-order chi connectivity index (χ0) is 10.6. The van der Waals surface area contributed by atoms with E-state index in [2.05, 4.69) is 4.98 Å². The Kier molecular flexibility index (Phi) is 4.41. The maximum absolute atomic E-state index is 11.2. The number of thioether (sulfide) groups is 1. The number of rotatable bonds is 4. The third-order valence-corrected chi connectivity index (χ3v) is 3.41. The van der Waals surface area contributed by atoms with E-state index in [1.165, 1.54) is 0 Å². The van der Waals surface area contributed by atoms with Crippen LogP contribution in [0.1, 0.15) is 10.7 Å².